The van der Waals surface area contributed by atoms with E-state index in [2.05, 4.69) is 16.0 Å². The van der Waals surface area contributed by atoms with Crippen LogP contribution in [0.3, 0.4) is 0 Å². The number of nitrogens with zero attached hydrogens (tertiary/aromatic N) is 2. The zero-order valence-corrected chi connectivity index (χ0v) is 14.5. The Balaban J connectivity index is 1.47. The van der Waals surface area contributed by atoms with Crippen molar-refractivity contribution in [3.63, 3.8) is 0 Å². The number of hydrogen-bond acceptors (Lipinski definition) is 4. The number of benzene rings is 1. The lowest BCUT2D eigenvalue weighted by atomic mass is 9.97. The van der Waals surface area contributed by atoms with Crippen LogP contribution in [0.15, 0.2) is 24.4 Å². The van der Waals surface area contributed by atoms with Gasteiger partial charge in [0.1, 0.15) is 0 Å². The quantitative estimate of drug-likeness (QED) is 0.793. The first kappa shape index (κ1) is 14.8. The summed E-state index contributed by atoms with van der Waals surface area (Å²) in [7, 11) is 0. The molecule has 2 unspecified atom stereocenters. The van der Waals surface area contributed by atoms with Crippen LogP contribution in [0.1, 0.15) is 35.7 Å². The normalized spacial score (nSPS) is 24.2. The number of ether oxygens (including phenoxy) is 2. The molecule has 2 atom stereocenters. The third-order valence-corrected chi connectivity index (χ3v) is 5.74. The van der Waals surface area contributed by atoms with Crippen LogP contribution < -0.4 is 9.47 Å². The van der Waals surface area contributed by atoms with Gasteiger partial charge in [0.25, 0.3) is 0 Å². The van der Waals surface area contributed by atoms with E-state index in [9.17, 15) is 0 Å². The molecule has 6 heteroatoms. The Labute approximate surface area is 150 Å². The molecule has 0 spiro atoms. The smallest absolute Gasteiger partial charge is 0.231 e. The van der Waals surface area contributed by atoms with Gasteiger partial charge in [-0.1, -0.05) is 23.2 Å². The molecular formula is C18H16Cl2N2O2. The van der Waals surface area contributed by atoms with Crippen LogP contribution in [-0.2, 0) is 13.0 Å². The Morgan fingerprint density at radius 2 is 2.08 bits per heavy atom. The summed E-state index contributed by atoms with van der Waals surface area (Å²) in [6.07, 6.45) is 5.09. The third kappa shape index (κ3) is 2.28. The highest BCUT2D eigenvalue weighted by molar-refractivity contribution is 6.32. The van der Waals surface area contributed by atoms with E-state index in [0.29, 0.717) is 27.9 Å². The minimum absolute atomic E-state index is 0.241. The molecule has 1 aromatic carbocycles. The van der Waals surface area contributed by atoms with Crippen molar-refractivity contribution in [3.05, 3.63) is 51.3 Å². The Morgan fingerprint density at radius 3 is 3.00 bits per heavy atom. The zero-order valence-electron chi connectivity index (χ0n) is 13.0. The topological polar surface area (TPSA) is 34.6 Å². The SMILES string of the molecule is Clc1cnc2c(c1)C1CCC(C2)N1Cc1cc(Cl)c2c(c1)OCO2. The molecule has 3 aliphatic heterocycles. The highest BCUT2D eigenvalue weighted by Crippen LogP contribution is 2.46. The first-order valence-corrected chi connectivity index (χ1v) is 8.93. The number of pyridine rings is 1. The van der Waals surface area contributed by atoms with E-state index in [1.165, 1.54) is 17.7 Å². The fourth-order valence-corrected chi connectivity index (χ4v) is 4.67. The summed E-state index contributed by atoms with van der Waals surface area (Å²) in [5, 5.41) is 1.33. The first-order valence-electron chi connectivity index (χ1n) is 8.17. The highest BCUT2D eigenvalue weighted by atomic mass is 35.5. The molecule has 0 amide bonds. The second-order valence-electron chi connectivity index (χ2n) is 6.62. The van der Waals surface area contributed by atoms with E-state index < -0.39 is 0 Å². The molecule has 0 N–H and O–H groups in total. The molecule has 1 saturated heterocycles. The van der Waals surface area contributed by atoms with E-state index in [-0.39, 0.29) is 6.79 Å². The number of fused-ring (bicyclic) bond motifs is 5. The molecule has 1 aromatic heterocycles. The molecule has 3 aliphatic rings. The Kier molecular flexibility index (Phi) is 3.40. The number of rotatable bonds is 2. The van der Waals surface area contributed by atoms with Gasteiger partial charge in [0.15, 0.2) is 11.5 Å². The summed E-state index contributed by atoms with van der Waals surface area (Å²) in [6.45, 7) is 1.09. The van der Waals surface area contributed by atoms with Crippen molar-refractivity contribution < 1.29 is 9.47 Å². The lowest BCUT2D eigenvalue weighted by molar-refractivity contribution is 0.166. The first-order chi connectivity index (χ1) is 11.7. The summed E-state index contributed by atoms with van der Waals surface area (Å²) >= 11 is 12.5. The average molecular weight is 363 g/mol. The van der Waals surface area contributed by atoms with Crippen LogP contribution in [0.2, 0.25) is 10.0 Å². The Hall–Kier alpha value is -1.49. The second kappa shape index (κ2) is 5.51. The molecule has 0 saturated carbocycles. The van der Waals surface area contributed by atoms with E-state index in [4.69, 9.17) is 32.7 Å². The van der Waals surface area contributed by atoms with Crippen molar-refractivity contribution >= 4 is 23.2 Å². The van der Waals surface area contributed by atoms with Gasteiger partial charge < -0.3 is 9.47 Å². The third-order valence-electron chi connectivity index (χ3n) is 5.25. The minimum atomic E-state index is 0.241. The summed E-state index contributed by atoms with van der Waals surface area (Å²) in [5.74, 6) is 1.40. The molecule has 124 valence electrons. The van der Waals surface area contributed by atoms with Crippen molar-refractivity contribution in [3.8, 4) is 11.5 Å². The summed E-state index contributed by atoms with van der Waals surface area (Å²) < 4.78 is 10.9. The van der Waals surface area contributed by atoms with Gasteiger partial charge in [0.05, 0.1) is 10.0 Å². The van der Waals surface area contributed by atoms with Gasteiger partial charge in [-0.2, -0.15) is 0 Å². The van der Waals surface area contributed by atoms with E-state index >= 15 is 0 Å². The number of halogens is 2. The molecular weight excluding hydrogens is 347 g/mol. The Bertz CT molecular complexity index is 827. The van der Waals surface area contributed by atoms with Crippen LogP contribution in [0, 0.1) is 0 Å². The Morgan fingerprint density at radius 1 is 1.17 bits per heavy atom. The predicted octanol–water partition coefficient (Wildman–Crippen LogP) is 4.38. The van der Waals surface area contributed by atoms with E-state index in [1.807, 2.05) is 12.1 Å². The molecule has 24 heavy (non-hydrogen) atoms. The van der Waals surface area contributed by atoms with Crippen molar-refractivity contribution in [1.82, 2.24) is 9.88 Å². The maximum absolute atomic E-state index is 6.33. The van der Waals surface area contributed by atoms with E-state index in [1.54, 1.807) is 6.20 Å². The molecule has 4 nitrogen and oxygen atoms in total. The van der Waals surface area contributed by atoms with Gasteiger partial charge in [-0.15, -0.1) is 0 Å². The second-order valence-corrected chi connectivity index (χ2v) is 7.47. The molecule has 1 fully saturated rings. The standard InChI is InChI=1S/C18H16Cl2N2O2/c19-11-5-13-15(21-7-11)6-12-1-2-16(13)22(12)8-10-3-14(20)18-17(4-10)23-9-24-18/h3-5,7,12,16H,1-2,6,8-9H2. The average Bonchev–Trinajstić information content (AvgIpc) is 3.13. The van der Waals surface area contributed by atoms with Gasteiger partial charge >= 0.3 is 0 Å². The van der Waals surface area contributed by atoms with Crippen molar-refractivity contribution in [1.29, 1.82) is 0 Å². The fraction of sp³-hybridized carbons (Fsp3) is 0.389. The van der Waals surface area contributed by atoms with Gasteiger partial charge in [-0.05, 0) is 42.2 Å². The lowest BCUT2D eigenvalue weighted by Crippen LogP contribution is -2.37. The zero-order chi connectivity index (χ0) is 16.3. The molecule has 0 radical (unpaired) electrons. The maximum atomic E-state index is 6.33. The summed E-state index contributed by atoms with van der Waals surface area (Å²) in [5.41, 5.74) is 3.63. The molecule has 0 aliphatic carbocycles. The van der Waals surface area contributed by atoms with Crippen molar-refractivity contribution in [2.24, 2.45) is 0 Å². The number of hydrogen-bond donors (Lipinski definition) is 0. The van der Waals surface area contributed by atoms with Crippen molar-refractivity contribution in [2.45, 2.75) is 37.9 Å². The number of aromatic nitrogens is 1. The van der Waals surface area contributed by atoms with Crippen molar-refractivity contribution in [2.75, 3.05) is 6.79 Å². The van der Waals surface area contributed by atoms with Crippen LogP contribution in [0.5, 0.6) is 11.5 Å². The van der Waals surface area contributed by atoms with Crippen LogP contribution in [0.4, 0.5) is 0 Å². The molecule has 2 bridgehead atoms. The van der Waals surface area contributed by atoms with E-state index in [0.717, 1.165) is 30.7 Å². The van der Waals surface area contributed by atoms with Crippen LogP contribution >= 0.6 is 23.2 Å². The largest absolute Gasteiger partial charge is 0.454 e. The summed E-state index contributed by atoms with van der Waals surface area (Å²) in [6, 6.07) is 7.02. The summed E-state index contributed by atoms with van der Waals surface area (Å²) in [4.78, 5) is 7.10. The van der Waals surface area contributed by atoms with Gasteiger partial charge in [0.2, 0.25) is 6.79 Å². The minimum Gasteiger partial charge on any atom is -0.454 e. The molecule has 5 rings (SSSR count). The van der Waals surface area contributed by atoms with Gasteiger partial charge in [-0.3, -0.25) is 9.88 Å². The predicted molar refractivity (Wildman–Crippen MR) is 91.8 cm³/mol. The fourth-order valence-electron chi connectivity index (χ4n) is 4.22. The molecule has 4 heterocycles. The highest BCUT2D eigenvalue weighted by Gasteiger charge is 2.40. The van der Waals surface area contributed by atoms with Gasteiger partial charge in [0, 0.05) is 36.9 Å². The molecule has 2 aromatic rings. The monoisotopic (exact) mass is 362 g/mol. The van der Waals surface area contributed by atoms with Crippen LogP contribution in [-0.4, -0.2) is 22.7 Å². The van der Waals surface area contributed by atoms with Gasteiger partial charge in [-0.25, -0.2) is 0 Å². The maximum Gasteiger partial charge on any atom is 0.231 e. The lowest BCUT2D eigenvalue weighted by Gasteiger charge is -2.36. The van der Waals surface area contributed by atoms with Crippen LogP contribution in [0.25, 0.3) is 0 Å².